The first-order valence-corrected chi connectivity index (χ1v) is 8.27. The zero-order chi connectivity index (χ0) is 15.2. The molecule has 21 heavy (non-hydrogen) atoms. The summed E-state index contributed by atoms with van der Waals surface area (Å²) in [6, 6.07) is 9.91. The maximum atomic E-state index is 11.4. The SMILES string of the molecule is CCC(C)CN(CC)c1nc(-c2ccccc2)c(C=O)s1. The molecule has 1 heterocycles. The largest absolute Gasteiger partial charge is 0.348 e. The molecule has 0 spiro atoms. The van der Waals surface area contributed by atoms with Gasteiger partial charge in [0, 0.05) is 18.7 Å². The summed E-state index contributed by atoms with van der Waals surface area (Å²) in [5.74, 6) is 0.619. The Morgan fingerprint density at radius 1 is 1.29 bits per heavy atom. The van der Waals surface area contributed by atoms with E-state index >= 15 is 0 Å². The van der Waals surface area contributed by atoms with E-state index < -0.39 is 0 Å². The Morgan fingerprint density at radius 2 is 2.00 bits per heavy atom. The molecule has 112 valence electrons. The minimum absolute atomic E-state index is 0.619. The van der Waals surface area contributed by atoms with Crippen LogP contribution in [0.1, 0.15) is 36.9 Å². The fraction of sp³-hybridized carbons (Fsp3) is 0.412. The van der Waals surface area contributed by atoms with Crippen LogP contribution in [0.15, 0.2) is 30.3 Å². The highest BCUT2D eigenvalue weighted by atomic mass is 32.1. The van der Waals surface area contributed by atoms with Crippen LogP contribution in [0.3, 0.4) is 0 Å². The van der Waals surface area contributed by atoms with Gasteiger partial charge in [0.15, 0.2) is 11.4 Å². The number of benzene rings is 1. The van der Waals surface area contributed by atoms with E-state index in [0.717, 1.165) is 42.2 Å². The van der Waals surface area contributed by atoms with Crippen molar-refractivity contribution in [3.05, 3.63) is 35.2 Å². The van der Waals surface area contributed by atoms with E-state index in [0.29, 0.717) is 10.8 Å². The molecule has 3 nitrogen and oxygen atoms in total. The van der Waals surface area contributed by atoms with Crippen molar-refractivity contribution < 1.29 is 4.79 Å². The number of aldehydes is 1. The Labute approximate surface area is 130 Å². The zero-order valence-corrected chi connectivity index (χ0v) is 13.7. The standard InChI is InChI=1S/C17H22N2OS/c1-4-13(3)11-19(5-2)17-18-16(15(12-20)21-17)14-9-7-6-8-10-14/h6-10,12-13H,4-5,11H2,1-3H3. The van der Waals surface area contributed by atoms with Crippen LogP contribution in [0.2, 0.25) is 0 Å². The van der Waals surface area contributed by atoms with Crippen molar-refractivity contribution in [1.29, 1.82) is 0 Å². The average molecular weight is 302 g/mol. The molecule has 0 N–H and O–H groups in total. The number of anilines is 1. The van der Waals surface area contributed by atoms with E-state index in [-0.39, 0.29) is 0 Å². The van der Waals surface area contributed by atoms with Gasteiger partial charge >= 0.3 is 0 Å². The molecule has 0 fully saturated rings. The van der Waals surface area contributed by atoms with Gasteiger partial charge in [-0.1, -0.05) is 61.9 Å². The third-order valence-electron chi connectivity index (χ3n) is 3.68. The maximum Gasteiger partial charge on any atom is 0.186 e. The second-order valence-corrected chi connectivity index (χ2v) is 6.25. The van der Waals surface area contributed by atoms with Crippen molar-refractivity contribution in [3.8, 4) is 11.3 Å². The van der Waals surface area contributed by atoms with Gasteiger partial charge in [0.25, 0.3) is 0 Å². The first-order chi connectivity index (χ1) is 10.2. The predicted octanol–water partition coefficient (Wildman–Crippen LogP) is 4.50. The molecule has 1 aromatic heterocycles. The van der Waals surface area contributed by atoms with E-state index in [4.69, 9.17) is 4.98 Å². The van der Waals surface area contributed by atoms with Crippen molar-refractivity contribution in [1.82, 2.24) is 4.98 Å². The molecule has 1 atom stereocenters. The van der Waals surface area contributed by atoms with Gasteiger partial charge in [0.1, 0.15) is 0 Å². The minimum atomic E-state index is 0.619. The molecule has 0 aliphatic heterocycles. The third kappa shape index (κ3) is 3.70. The lowest BCUT2D eigenvalue weighted by Crippen LogP contribution is -2.27. The predicted molar refractivity (Wildman–Crippen MR) is 90.3 cm³/mol. The van der Waals surface area contributed by atoms with Gasteiger partial charge in [0.05, 0.1) is 10.6 Å². The van der Waals surface area contributed by atoms with Gasteiger partial charge in [-0.05, 0) is 12.8 Å². The van der Waals surface area contributed by atoms with Gasteiger partial charge < -0.3 is 4.90 Å². The molecule has 1 aromatic carbocycles. The van der Waals surface area contributed by atoms with E-state index in [9.17, 15) is 4.79 Å². The molecule has 2 rings (SSSR count). The van der Waals surface area contributed by atoms with Crippen molar-refractivity contribution in [2.45, 2.75) is 27.2 Å². The summed E-state index contributed by atoms with van der Waals surface area (Å²) < 4.78 is 0. The van der Waals surface area contributed by atoms with E-state index in [2.05, 4.69) is 25.7 Å². The van der Waals surface area contributed by atoms with E-state index in [1.165, 1.54) is 11.3 Å². The van der Waals surface area contributed by atoms with Gasteiger partial charge in [-0.3, -0.25) is 4.79 Å². The molecule has 0 aliphatic carbocycles. The summed E-state index contributed by atoms with van der Waals surface area (Å²) >= 11 is 1.49. The lowest BCUT2D eigenvalue weighted by atomic mass is 10.1. The number of nitrogens with zero attached hydrogens (tertiary/aromatic N) is 2. The van der Waals surface area contributed by atoms with Crippen LogP contribution in [-0.2, 0) is 0 Å². The van der Waals surface area contributed by atoms with Crippen LogP contribution in [0.25, 0.3) is 11.3 Å². The lowest BCUT2D eigenvalue weighted by molar-refractivity contribution is 0.112. The number of thiazole rings is 1. The van der Waals surface area contributed by atoms with Crippen LogP contribution in [0.5, 0.6) is 0 Å². The van der Waals surface area contributed by atoms with Crippen LogP contribution in [0.4, 0.5) is 5.13 Å². The van der Waals surface area contributed by atoms with Crippen molar-refractivity contribution >= 4 is 22.8 Å². The highest BCUT2D eigenvalue weighted by Gasteiger charge is 2.17. The van der Waals surface area contributed by atoms with E-state index in [1.54, 1.807) is 0 Å². The van der Waals surface area contributed by atoms with E-state index in [1.807, 2.05) is 30.3 Å². The van der Waals surface area contributed by atoms with Crippen molar-refractivity contribution in [2.24, 2.45) is 5.92 Å². The number of carbonyl (C=O) groups excluding carboxylic acids is 1. The zero-order valence-electron chi connectivity index (χ0n) is 12.9. The molecule has 2 aromatic rings. The number of hydrogen-bond donors (Lipinski definition) is 0. The van der Waals surface area contributed by atoms with Gasteiger partial charge in [0.2, 0.25) is 0 Å². The first-order valence-electron chi connectivity index (χ1n) is 7.45. The third-order valence-corrected chi connectivity index (χ3v) is 4.72. The summed E-state index contributed by atoms with van der Waals surface area (Å²) in [5.41, 5.74) is 1.80. The summed E-state index contributed by atoms with van der Waals surface area (Å²) in [6.45, 7) is 8.46. The molecule has 1 unspecified atom stereocenters. The minimum Gasteiger partial charge on any atom is -0.348 e. The molecular formula is C17H22N2OS. The number of rotatable bonds is 7. The molecular weight excluding hydrogens is 280 g/mol. The van der Waals surface area contributed by atoms with Crippen LogP contribution in [-0.4, -0.2) is 24.4 Å². The normalized spacial score (nSPS) is 12.1. The fourth-order valence-electron chi connectivity index (χ4n) is 2.19. The molecule has 0 bridgehead atoms. The van der Waals surface area contributed by atoms with Crippen LogP contribution in [0, 0.1) is 5.92 Å². The molecule has 0 radical (unpaired) electrons. The van der Waals surface area contributed by atoms with Crippen molar-refractivity contribution in [2.75, 3.05) is 18.0 Å². The Bertz CT molecular complexity index is 580. The highest BCUT2D eigenvalue weighted by molar-refractivity contribution is 7.17. The summed E-state index contributed by atoms with van der Waals surface area (Å²) in [6.07, 6.45) is 2.06. The summed E-state index contributed by atoms with van der Waals surface area (Å²) in [4.78, 5) is 19.0. The molecule has 0 saturated heterocycles. The van der Waals surface area contributed by atoms with Crippen LogP contribution < -0.4 is 4.90 Å². The second-order valence-electron chi connectivity index (χ2n) is 5.25. The Kier molecular flexibility index (Phi) is 5.51. The highest BCUT2D eigenvalue weighted by Crippen LogP contribution is 2.32. The Hall–Kier alpha value is -1.68. The molecule has 0 amide bonds. The topological polar surface area (TPSA) is 33.2 Å². The maximum absolute atomic E-state index is 11.4. The van der Waals surface area contributed by atoms with Crippen LogP contribution >= 0.6 is 11.3 Å². The van der Waals surface area contributed by atoms with Gasteiger partial charge in [-0.15, -0.1) is 0 Å². The summed E-state index contributed by atoms with van der Waals surface area (Å²) in [7, 11) is 0. The quantitative estimate of drug-likeness (QED) is 0.706. The van der Waals surface area contributed by atoms with Gasteiger partial charge in [-0.25, -0.2) is 4.98 Å². The fourth-order valence-corrected chi connectivity index (χ4v) is 3.16. The smallest absolute Gasteiger partial charge is 0.186 e. The average Bonchev–Trinajstić information content (AvgIpc) is 2.97. The molecule has 4 heteroatoms. The monoisotopic (exact) mass is 302 g/mol. The van der Waals surface area contributed by atoms with Crippen molar-refractivity contribution in [3.63, 3.8) is 0 Å². The molecule has 0 saturated carbocycles. The number of hydrogen-bond acceptors (Lipinski definition) is 4. The first kappa shape index (κ1) is 15.7. The Balaban J connectivity index is 2.33. The lowest BCUT2D eigenvalue weighted by Gasteiger charge is -2.23. The summed E-state index contributed by atoms with van der Waals surface area (Å²) in [5, 5.41) is 0.943. The second kappa shape index (κ2) is 7.36. The number of aromatic nitrogens is 1. The molecule has 0 aliphatic rings. The van der Waals surface area contributed by atoms with Gasteiger partial charge in [-0.2, -0.15) is 0 Å². The Morgan fingerprint density at radius 3 is 2.57 bits per heavy atom. The number of carbonyl (C=O) groups is 1.